The summed E-state index contributed by atoms with van der Waals surface area (Å²) in [5.41, 5.74) is 0.848. The van der Waals surface area contributed by atoms with E-state index in [1.54, 1.807) is 0 Å². The predicted octanol–water partition coefficient (Wildman–Crippen LogP) is 3.55. The van der Waals surface area contributed by atoms with Gasteiger partial charge in [-0.3, -0.25) is 10.1 Å². The molecule has 0 aromatic carbocycles. The highest BCUT2D eigenvalue weighted by atomic mass is 32.1. The van der Waals surface area contributed by atoms with E-state index < -0.39 is 24.8 Å². The van der Waals surface area contributed by atoms with Crippen molar-refractivity contribution in [3.8, 4) is 0 Å². The molecule has 21 heavy (non-hydrogen) atoms. The van der Waals surface area contributed by atoms with Gasteiger partial charge in [0.25, 0.3) is 0 Å². The second-order valence-corrected chi connectivity index (χ2v) is 6.17. The Balaban J connectivity index is 2.18. The average molecular weight is 320 g/mol. The molecule has 0 bridgehead atoms. The predicted molar refractivity (Wildman–Crippen MR) is 75.8 cm³/mol. The highest BCUT2D eigenvalue weighted by Gasteiger charge is 2.43. The van der Waals surface area contributed by atoms with E-state index >= 15 is 0 Å². The molecule has 0 aliphatic carbocycles. The summed E-state index contributed by atoms with van der Waals surface area (Å²) in [4.78, 5) is 13.8. The molecule has 1 saturated heterocycles. The van der Waals surface area contributed by atoms with E-state index in [1.165, 1.54) is 16.2 Å². The lowest BCUT2D eigenvalue weighted by molar-refractivity contribution is -0.145. The summed E-state index contributed by atoms with van der Waals surface area (Å²) in [7, 11) is 0. The molecule has 0 radical (unpaired) electrons. The fourth-order valence-corrected chi connectivity index (χ4v) is 3.15. The Kier molecular flexibility index (Phi) is 4.93. The van der Waals surface area contributed by atoms with E-state index in [0.717, 1.165) is 12.0 Å². The second-order valence-electron chi connectivity index (χ2n) is 5.39. The molecule has 1 aliphatic rings. The zero-order valence-electron chi connectivity index (χ0n) is 12.0. The zero-order valence-corrected chi connectivity index (χ0v) is 12.8. The number of carbonyl (C=O) groups excluding carboxylic acids is 1. The van der Waals surface area contributed by atoms with Gasteiger partial charge < -0.3 is 4.90 Å². The molecule has 2 heterocycles. The summed E-state index contributed by atoms with van der Waals surface area (Å²) < 4.78 is 37.4. The van der Waals surface area contributed by atoms with Crippen LogP contribution in [0.3, 0.4) is 0 Å². The first kappa shape index (κ1) is 16.3. The smallest absolute Gasteiger partial charge is 0.321 e. The molecule has 1 aromatic rings. The molecular weight excluding hydrogens is 301 g/mol. The molecule has 3 unspecified atom stereocenters. The molecule has 1 aliphatic heterocycles. The van der Waals surface area contributed by atoms with Crippen molar-refractivity contribution >= 4 is 17.2 Å². The van der Waals surface area contributed by atoms with E-state index in [9.17, 15) is 18.0 Å². The second kappa shape index (κ2) is 6.36. The Morgan fingerprint density at radius 2 is 2.19 bits per heavy atom. The van der Waals surface area contributed by atoms with Gasteiger partial charge in [0.15, 0.2) is 0 Å². The van der Waals surface area contributed by atoms with Gasteiger partial charge in [-0.1, -0.05) is 20.3 Å². The summed E-state index contributed by atoms with van der Waals surface area (Å²) >= 11 is 1.47. The molecule has 1 amide bonds. The third-order valence-electron chi connectivity index (χ3n) is 3.91. The van der Waals surface area contributed by atoms with Crippen LogP contribution in [0, 0.1) is 5.92 Å². The van der Waals surface area contributed by atoms with Crippen LogP contribution in [0.25, 0.3) is 0 Å². The molecule has 3 atom stereocenters. The van der Waals surface area contributed by atoms with Gasteiger partial charge in [0.2, 0.25) is 5.91 Å². The van der Waals surface area contributed by atoms with Crippen LogP contribution in [0.1, 0.15) is 38.4 Å². The summed E-state index contributed by atoms with van der Waals surface area (Å²) in [6.07, 6.45) is -4.89. The molecule has 1 aromatic heterocycles. The number of halogens is 3. The molecule has 118 valence electrons. The minimum Gasteiger partial charge on any atom is -0.321 e. The van der Waals surface area contributed by atoms with Gasteiger partial charge in [0, 0.05) is 6.54 Å². The number of nitrogens with one attached hydrogen (secondary N) is 1. The third-order valence-corrected chi connectivity index (χ3v) is 4.61. The number of hydrogen-bond acceptors (Lipinski definition) is 3. The van der Waals surface area contributed by atoms with Gasteiger partial charge in [0.05, 0.1) is 12.5 Å². The first-order valence-electron chi connectivity index (χ1n) is 6.99. The maximum absolute atomic E-state index is 12.5. The van der Waals surface area contributed by atoms with Crippen LogP contribution < -0.4 is 5.32 Å². The van der Waals surface area contributed by atoms with E-state index in [4.69, 9.17) is 0 Å². The summed E-state index contributed by atoms with van der Waals surface area (Å²) in [5.74, 6) is -0.140. The van der Waals surface area contributed by atoms with Crippen LogP contribution in [-0.4, -0.2) is 29.6 Å². The molecule has 0 spiro atoms. The van der Waals surface area contributed by atoms with Gasteiger partial charge in [-0.15, -0.1) is 0 Å². The van der Waals surface area contributed by atoms with Crippen molar-refractivity contribution < 1.29 is 18.0 Å². The number of amides is 1. The van der Waals surface area contributed by atoms with Gasteiger partial charge in [-0.05, 0) is 28.3 Å². The largest absolute Gasteiger partial charge is 0.390 e. The van der Waals surface area contributed by atoms with Gasteiger partial charge in [-0.25, -0.2) is 0 Å². The number of rotatable bonds is 5. The van der Waals surface area contributed by atoms with Crippen LogP contribution in [0.4, 0.5) is 13.2 Å². The SMILES string of the molecule is CCC(C)C1NC(c2ccsc2)N(CCC(F)(F)F)C1=O. The number of hydrogen-bond donors (Lipinski definition) is 1. The fourth-order valence-electron chi connectivity index (χ4n) is 2.47. The van der Waals surface area contributed by atoms with Crippen molar-refractivity contribution in [1.82, 2.24) is 10.2 Å². The average Bonchev–Trinajstić information content (AvgIpc) is 3.02. The van der Waals surface area contributed by atoms with Crippen molar-refractivity contribution in [1.29, 1.82) is 0 Å². The van der Waals surface area contributed by atoms with Crippen LogP contribution in [0.2, 0.25) is 0 Å². The van der Waals surface area contributed by atoms with Crippen molar-refractivity contribution in [3.05, 3.63) is 22.4 Å². The standard InChI is InChI=1S/C14H19F3N2OS/c1-3-9(2)11-13(20)19(6-5-14(15,16)17)12(18-11)10-4-7-21-8-10/h4,7-9,11-12,18H,3,5-6H2,1-2H3. The van der Waals surface area contributed by atoms with Crippen molar-refractivity contribution in [2.24, 2.45) is 5.92 Å². The Hall–Kier alpha value is -1.08. The molecule has 2 rings (SSSR count). The highest BCUT2D eigenvalue weighted by molar-refractivity contribution is 7.07. The normalized spacial score (nSPS) is 24.6. The van der Waals surface area contributed by atoms with Gasteiger partial charge >= 0.3 is 6.18 Å². The lowest BCUT2D eigenvalue weighted by Gasteiger charge is -2.24. The maximum Gasteiger partial charge on any atom is 0.390 e. The van der Waals surface area contributed by atoms with Crippen LogP contribution >= 0.6 is 11.3 Å². The van der Waals surface area contributed by atoms with Crippen LogP contribution in [0.5, 0.6) is 0 Å². The summed E-state index contributed by atoms with van der Waals surface area (Å²) in [5, 5.41) is 6.92. The lowest BCUT2D eigenvalue weighted by Crippen LogP contribution is -2.36. The van der Waals surface area contributed by atoms with Crippen molar-refractivity contribution in [2.45, 2.75) is 45.1 Å². The molecule has 0 saturated carbocycles. The van der Waals surface area contributed by atoms with E-state index in [0.29, 0.717) is 0 Å². The number of carbonyl (C=O) groups is 1. The third kappa shape index (κ3) is 3.77. The van der Waals surface area contributed by atoms with E-state index in [2.05, 4.69) is 5.32 Å². The molecular formula is C14H19F3N2OS. The molecule has 1 fully saturated rings. The minimum absolute atomic E-state index is 0.0922. The monoisotopic (exact) mass is 320 g/mol. The zero-order chi connectivity index (χ0) is 15.6. The first-order valence-corrected chi connectivity index (χ1v) is 7.93. The highest BCUT2D eigenvalue weighted by Crippen LogP contribution is 2.32. The number of alkyl halides is 3. The van der Waals surface area contributed by atoms with Gasteiger partial charge in [-0.2, -0.15) is 24.5 Å². The maximum atomic E-state index is 12.5. The van der Waals surface area contributed by atoms with E-state index in [-0.39, 0.29) is 18.4 Å². The van der Waals surface area contributed by atoms with Crippen molar-refractivity contribution in [2.75, 3.05) is 6.54 Å². The molecule has 1 N–H and O–H groups in total. The Morgan fingerprint density at radius 3 is 2.71 bits per heavy atom. The Bertz CT molecular complexity index is 475. The van der Waals surface area contributed by atoms with Crippen LogP contribution in [-0.2, 0) is 4.79 Å². The fraction of sp³-hybridized carbons (Fsp3) is 0.643. The minimum atomic E-state index is -4.26. The summed E-state index contributed by atoms with van der Waals surface area (Å²) in [6, 6.07) is 1.43. The van der Waals surface area contributed by atoms with Crippen LogP contribution in [0.15, 0.2) is 16.8 Å². The van der Waals surface area contributed by atoms with Gasteiger partial charge in [0.1, 0.15) is 6.17 Å². The Morgan fingerprint density at radius 1 is 1.48 bits per heavy atom. The topological polar surface area (TPSA) is 32.3 Å². The quantitative estimate of drug-likeness (QED) is 0.900. The number of thiophene rings is 1. The van der Waals surface area contributed by atoms with E-state index in [1.807, 2.05) is 30.7 Å². The van der Waals surface area contributed by atoms with Crippen molar-refractivity contribution in [3.63, 3.8) is 0 Å². The molecule has 3 nitrogen and oxygen atoms in total. The first-order chi connectivity index (χ1) is 9.83. The summed E-state index contributed by atoms with van der Waals surface area (Å²) in [6.45, 7) is 3.61. The lowest BCUT2D eigenvalue weighted by atomic mass is 9.99. The Labute approximate surface area is 126 Å². The molecule has 7 heteroatoms. The number of nitrogens with zero attached hydrogens (tertiary/aromatic N) is 1.